The van der Waals surface area contributed by atoms with Crippen LogP contribution in [0.15, 0.2) is 42.5 Å². The number of rotatable bonds is 5. The first-order valence-corrected chi connectivity index (χ1v) is 7.34. The second-order valence-corrected chi connectivity index (χ2v) is 5.48. The van der Waals surface area contributed by atoms with Crippen molar-refractivity contribution in [1.82, 2.24) is 5.32 Å². The van der Waals surface area contributed by atoms with Gasteiger partial charge in [0.1, 0.15) is 5.82 Å². The molecular formula is C16H12Cl2FNO3. The van der Waals surface area contributed by atoms with E-state index in [1.807, 2.05) is 0 Å². The molecule has 0 aliphatic heterocycles. The largest absolute Gasteiger partial charge is 0.452 e. The van der Waals surface area contributed by atoms with E-state index >= 15 is 0 Å². The van der Waals surface area contributed by atoms with Crippen LogP contribution in [0.1, 0.15) is 15.9 Å². The molecule has 0 unspecified atom stereocenters. The van der Waals surface area contributed by atoms with Crippen LogP contribution in [0.4, 0.5) is 4.39 Å². The molecular weight excluding hydrogens is 344 g/mol. The lowest BCUT2D eigenvalue weighted by Gasteiger charge is -2.07. The van der Waals surface area contributed by atoms with E-state index in [1.54, 1.807) is 24.3 Å². The number of amides is 1. The van der Waals surface area contributed by atoms with Gasteiger partial charge >= 0.3 is 5.97 Å². The number of nitrogens with one attached hydrogen (secondary N) is 1. The summed E-state index contributed by atoms with van der Waals surface area (Å²) in [6.45, 7) is -0.270. The Morgan fingerprint density at radius 3 is 2.52 bits per heavy atom. The van der Waals surface area contributed by atoms with E-state index in [2.05, 4.69) is 5.32 Å². The summed E-state index contributed by atoms with van der Waals surface area (Å²) in [6, 6.07) is 10.5. The van der Waals surface area contributed by atoms with Crippen LogP contribution in [-0.4, -0.2) is 18.5 Å². The molecule has 0 spiro atoms. The molecule has 1 N–H and O–H groups in total. The molecule has 4 nitrogen and oxygen atoms in total. The highest BCUT2D eigenvalue weighted by Crippen LogP contribution is 2.15. The van der Waals surface area contributed by atoms with Gasteiger partial charge in [-0.05, 0) is 35.9 Å². The maximum absolute atomic E-state index is 13.5. The topological polar surface area (TPSA) is 55.4 Å². The molecule has 0 aliphatic rings. The second kappa shape index (κ2) is 7.94. The maximum Gasteiger partial charge on any atom is 0.341 e. The third kappa shape index (κ3) is 5.23. The van der Waals surface area contributed by atoms with Crippen molar-refractivity contribution in [1.29, 1.82) is 0 Å². The van der Waals surface area contributed by atoms with E-state index in [0.29, 0.717) is 5.02 Å². The van der Waals surface area contributed by atoms with Crippen molar-refractivity contribution in [3.63, 3.8) is 0 Å². The standard InChI is InChI=1S/C16H12Cl2FNO3/c17-11-3-1-2-10(6-11)8-20-15(21)9-23-16(22)13-5-4-12(18)7-14(13)19/h1-7H,8-9H2,(H,20,21). The summed E-state index contributed by atoms with van der Waals surface area (Å²) in [5.41, 5.74) is 0.526. The Morgan fingerprint density at radius 2 is 1.83 bits per heavy atom. The van der Waals surface area contributed by atoms with Crippen LogP contribution >= 0.6 is 23.2 Å². The Labute approximate surface area is 142 Å². The third-order valence-corrected chi connectivity index (χ3v) is 3.33. The number of carbonyl (C=O) groups excluding carboxylic acids is 2. The van der Waals surface area contributed by atoms with Crippen LogP contribution in [-0.2, 0) is 16.1 Å². The molecule has 0 heterocycles. The zero-order chi connectivity index (χ0) is 16.8. The molecule has 0 radical (unpaired) electrons. The summed E-state index contributed by atoms with van der Waals surface area (Å²) >= 11 is 11.4. The summed E-state index contributed by atoms with van der Waals surface area (Å²) in [5.74, 6) is -2.24. The second-order valence-electron chi connectivity index (χ2n) is 4.61. The van der Waals surface area contributed by atoms with Gasteiger partial charge in [0, 0.05) is 16.6 Å². The van der Waals surface area contributed by atoms with Crippen molar-refractivity contribution in [3.8, 4) is 0 Å². The van der Waals surface area contributed by atoms with Gasteiger partial charge in [-0.2, -0.15) is 0 Å². The zero-order valence-electron chi connectivity index (χ0n) is 11.8. The highest BCUT2D eigenvalue weighted by molar-refractivity contribution is 6.30. The highest BCUT2D eigenvalue weighted by Gasteiger charge is 2.15. The van der Waals surface area contributed by atoms with E-state index in [4.69, 9.17) is 27.9 Å². The molecule has 2 aromatic carbocycles. The molecule has 0 fully saturated rings. The normalized spacial score (nSPS) is 10.2. The monoisotopic (exact) mass is 355 g/mol. The number of hydrogen-bond donors (Lipinski definition) is 1. The predicted molar refractivity (Wildman–Crippen MR) is 85.0 cm³/mol. The Bertz CT molecular complexity index is 737. The molecule has 1 amide bonds. The fraction of sp³-hybridized carbons (Fsp3) is 0.125. The van der Waals surface area contributed by atoms with Gasteiger partial charge in [-0.1, -0.05) is 35.3 Å². The van der Waals surface area contributed by atoms with E-state index in [1.165, 1.54) is 12.1 Å². The highest BCUT2D eigenvalue weighted by atomic mass is 35.5. The number of halogens is 3. The van der Waals surface area contributed by atoms with Gasteiger partial charge in [0.15, 0.2) is 6.61 Å². The molecule has 2 aromatic rings. The van der Waals surface area contributed by atoms with Gasteiger partial charge in [0.2, 0.25) is 0 Å². The van der Waals surface area contributed by atoms with Gasteiger partial charge in [0.25, 0.3) is 5.91 Å². The van der Waals surface area contributed by atoms with E-state index < -0.39 is 24.3 Å². The lowest BCUT2D eigenvalue weighted by Crippen LogP contribution is -2.28. The maximum atomic E-state index is 13.5. The number of hydrogen-bond acceptors (Lipinski definition) is 3. The van der Waals surface area contributed by atoms with E-state index in [9.17, 15) is 14.0 Å². The van der Waals surface area contributed by atoms with Crippen molar-refractivity contribution >= 4 is 35.1 Å². The summed E-state index contributed by atoms with van der Waals surface area (Å²) in [7, 11) is 0. The molecule has 0 atom stereocenters. The molecule has 2 rings (SSSR count). The van der Waals surface area contributed by atoms with Crippen molar-refractivity contribution < 1.29 is 18.7 Å². The van der Waals surface area contributed by atoms with Gasteiger partial charge < -0.3 is 10.1 Å². The lowest BCUT2D eigenvalue weighted by molar-refractivity contribution is -0.124. The molecule has 0 saturated carbocycles. The molecule has 7 heteroatoms. The predicted octanol–water partition coefficient (Wildman–Crippen LogP) is 3.61. The first-order valence-electron chi connectivity index (χ1n) is 6.59. The molecule has 23 heavy (non-hydrogen) atoms. The molecule has 0 aromatic heterocycles. The van der Waals surface area contributed by atoms with Crippen LogP contribution in [0.3, 0.4) is 0 Å². The lowest BCUT2D eigenvalue weighted by atomic mass is 10.2. The van der Waals surface area contributed by atoms with E-state index in [-0.39, 0.29) is 17.1 Å². The van der Waals surface area contributed by atoms with Crippen LogP contribution in [0.5, 0.6) is 0 Å². The van der Waals surface area contributed by atoms with Gasteiger partial charge in [-0.3, -0.25) is 4.79 Å². The number of ether oxygens (including phenoxy) is 1. The molecule has 0 saturated heterocycles. The molecule has 0 bridgehead atoms. The Kier molecular flexibility index (Phi) is 5.96. The van der Waals surface area contributed by atoms with Gasteiger partial charge in [0.05, 0.1) is 5.56 Å². The summed E-state index contributed by atoms with van der Waals surface area (Å²) < 4.78 is 18.3. The minimum atomic E-state index is -0.933. The molecule has 0 aliphatic carbocycles. The summed E-state index contributed by atoms with van der Waals surface area (Å²) in [6.07, 6.45) is 0. The quantitative estimate of drug-likeness (QED) is 0.833. The van der Waals surface area contributed by atoms with E-state index in [0.717, 1.165) is 11.6 Å². The summed E-state index contributed by atoms with van der Waals surface area (Å²) in [5, 5.41) is 3.29. The molecule has 120 valence electrons. The van der Waals surface area contributed by atoms with Crippen molar-refractivity contribution in [2.24, 2.45) is 0 Å². The Morgan fingerprint density at radius 1 is 1.09 bits per heavy atom. The van der Waals surface area contributed by atoms with Crippen molar-refractivity contribution in [2.75, 3.05) is 6.61 Å². The fourth-order valence-electron chi connectivity index (χ4n) is 1.76. The van der Waals surface area contributed by atoms with Crippen LogP contribution in [0.25, 0.3) is 0 Å². The Hall–Kier alpha value is -2.11. The first-order chi connectivity index (χ1) is 11.0. The number of carbonyl (C=O) groups is 2. The average Bonchev–Trinajstić information content (AvgIpc) is 2.50. The minimum absolute atomic E-state index is 0.165. The number of benzene rings is 2. The first kappa shape index (κ1) is 17.2. The Balaban J connectivity index is 1.83. The van der Waals surface area contributed by atoms with Crippen LogP contribution in [0.2, 0.25) is 10.0 Å². The SMILES string of the molecule is O=C(COC(=O)c1ccc(Cl)cc1F)NCc1cccc(Cl)c1. The number of esters is 1. The van der Waals surface area contributed by atoms with Gasteiger partial charge in [-0.15, -0.1) is 0 Å². The fourth-order valence-corrected chi connectivity index (χ4v) is 2.13. The van der Waals surface area contributed by atoms with Crippen LogP contribution < -0.4 is 5.32 Å². The zero-order valence-corrected chi connectivity index (χ0v) is 13.3. The minimum Gasteiger partial charge on any atom is -0.452 e. The van der Waals surface area contributed by atoms with Crippen LogP contribution in [0, 0.1) is 5.82 Å². The average molecular weight is 356 g/mol. The third-order valence-electron chi connectivity index (χ3n) is 2.86. The van der Waals surface area contributed by atoms with Crippen molar-refractivity contribution in [2.45, 2.75) is 6.54 Å². The summed E-state index contributed by atoms with van der Waals surface area (Å²) in [4.78, 5) is 23.3. The van der Waals surface area contributed by atoms with Gasteiger partial charge in [-0.25, -0.2) is 9.18 Å². The smallest absolute Gasteiger partial charge is 0.341 e. The van der Waals surface area contributed by atoms with Crippen molar-refractivity contribution in [3.05, 3.63) is 69.5 Å².